The van der Waals surface area contributed by atoms with Crippen molar-refractivity contribution in [1.82, 2.24) is 4.98 Å². The lowest BCUT2D eigenvalue weighted by Gasteiger charge is -2.06. The Labute approximate surface area is 174 Å². The van der Waals surface area contributed by atoms with E-state index in [-0.39, 0.29) is 16.5 Å². The van der Waals surface area contributed by atoms with E-state index in [9.17, 15) is 14.9 Å². The van der Waals surface area contributed by atoms with Crippen molar-refractivity contribution in [3.8, 4) is 10.4 Å². The van der Waals surface area contributed by atoms with Crippen molar-refractivity contribution in [2.45, 2.75) is 13.3 Å². The van der Waals surface area contributed by atoms with Crippen molar-refractivity contribution in [1.29, 1.82) is 0 Å². The van der Waals surface area contributed by atoms with Crippen LogP contribution in [-0.2, 0) is 11.2 Å². The Morgan fingerprint density at radius 1 is 1.39 bits per heavy atom. The van der Waals surface area contributed by atoms with E-state index in [4.69, 9.17) is 16.3 Å². The molecule has 2 heterocycles. The zero-order valence-electron chi connectivity index (χ0n) is 15.0. The molecule has 0 atom stereocenters. The van der Waals surface area contributed by atoms with E-state index < -0.39 is 0 Å². The summed E-state index contributed by atoms with van der Waals surface area (Å²) in [6, 6.07) is 6.87. The number of methoxy groups -OCH3 is 1. The number of halogens is 1. The minimum absolute atomic E-state index is 0.0412. The Morgan fingerprint density at radius 2 is 2.18 bits per heavy atom. The molecule has 0 fully saturated rings. The van der Waals surface area contributed by atoms with Gasteiger partial charge in [-0.2, -0.15) is 0 Å². The third kappa shape index (κ3) is 4.39. The number of aromatic nitrogens is 1. The molecule has 3 aromatic rings. The smallest absolute Gasteiger partial charge is 0.281 e. The largest absolute Gasteiger partial charge is 0.384 e. The molecule has 3 rings (SSSR count). The molecule has 10 heteroatoms. The van der Waals surface area contributed by atoms with E-state index in [1.165, 1.54) is 17.5 Å². The van der Waals surface area contributed by atoms with Crippen LogP contribution >= 0.6 is 34.3 Å². The van der Waals surface area contributed by atoms with Gasteiger partial charge in [0.05, 0.1) is 28.9 Å². The fourth-order valence-electron chi connectivity index (χ4n) is 2.74. The van der Waals surface area contributed by atoms with Crippen LogP contribution in [0.25, 0.3) is 10.4 Å². The predicted octanol–water partition coefficient (Wildman–Crippen LogP) is 5.18. The van der Waals surface area contributed by atoms with E-state index in [0.29, 0.717) is 44.1 Å². The highest BCUT2D eigenvalue weighted by molar-refractivity contribution is 7.19. The SMILES string of the molecule is COCCc1cccc(-c2cc(C(=O)Nc3ncc(Cl)s3)c(C)s2)c1[N+](=O)[O-]. The van der Waals surface area contributed by atoms with Gasteiger partial charge in [-0.3, -0.25) is 20.2 Å². The van der Waals surface area contributed by atoms with E-state index >= 15 is 0 Å². The molecule has 28 heavy (non-hydrogen) atoms. The summed E-state index contributed by atoms with van der Waals surface area (Å²) in [5, 5.41) is 14.8. The summed E-state index contributed by atoms with van der Waals surface area (Å²) in [7, 11) is 1.55. The number of hydrogen-bond acceptors (Lipinski definition) is 7. The topological polar surface area (TPSA) is 94.4 Å². The lowest BCUT2D eigenvalue weighted by molar-refractivity contribution is -0.384. The third-order valence-electron chi connectivity index (χ3n) is 4.00. The number of amides is 1. The van der Waals surface area contributed by atoms with Crippen molar-refractivity contribution in [3.05, 3.63) is 60.9 Å². The second kappa shape index (κ2) is 8.78. The number of ether oxygens (including phenoxy) is 1. The van der Waals surface area contributed by atoms with Crippen LogP contribution in [0.5, 0.6) is 0 Å². The van der Waals surface area contributed by atoms with Gasteiger partial charge in [-0.05, 0) is 19.1 Å². The fourth-order valence-corrected chi connectivity index (χ4v) is 4.59. The summed E-state index contributed by atoms with van der Waals surface area (Å²) in [5.74, 6) is -0.329. The molecule has 0 aliphatic rings. The van der Waals surface area contributed by atoms with Crippen LogP contribution in [0.3, 0.4) is 0 Å². The van der Waals surface area contributed by atoms with Crippen molar-refractivity contribution >= 4 is 51.0 Å². The molecule has 7 nitrogen and oxygen atoms in total. The van der Waals surface area contributed by atoms with E-state index in [1.54, 1.807) is 38.3 Å². The molecular weight excluding hydrogens is 422 g/mol. The van der Waals surface area contributed by atoms with Crippen LogP contribution < -0.4 is 5.32 Å². The normalized spacial score (nSPS) is 10.8. The maximum absolute atomic E-state index is 12.6. The Bertz CT molecular complexity index is 1030. The van der Waals surface area contributed by atoms with Crippen LogP contribution in [0.4, 0.5) is 10.8 Å². The number of carbonyl (C=O) groups is 1. The molecule has 1 N–H and O–H groups in total. The quantitative estimate of drug-likeness (QED) is 0.405. The Hall–Kier alpha value is -2.33. The number of hydrogen-bond donors (Lipinski definition) is 1. The Kier molecular flexibility index (Phi) is 6.40. The van der Waals surface area contributed by atoms with Gasteiger partial charge in [-0.25, -0.2) is 4.98 Å². The highest BCUT2D eigenvalue weighted by Gasteiger charge is 2.24. The first-order chi connectivity index (χ1) is 13.4. The summed E-state index contributed by atoms with van der Waals surface area (Å²) in [6.07, 6.45) is 1.89. The summed E-state index contributed by atoms with van der Waals surface area (Å²) in [4.78, 5) is 29.3. The highest BCUT2D eigenvalue weighted by atomic mass is 35.5. The van der Waals surface area contributed by atoms with Gasteiger partial charge in [0.25, 0.3) is 11.6 Å². The van der Waals surface area contributed by atoms with Gasteiger partial charge >= 0.3 is 0 Å². The molecule has 0 spiro atoms. The first-order valence-corrected chi connectivity index (χ1v) is 10.2. The van der Waals surface area contributed by atoms with Gasteiger partial charge < -0.3 is 4.74 Å². The molecular formula is C18H16ClN3O4S2. The number of para-hydroxylation sites is 1. The number of carbonyl (C=O) groups excluding carboxylic acids is 1. The van der Waals surface area contributed by atoms with Crippen LogP contribution in [0.1, 0.15) is 20.8 Å². The molecule has 0 unspecified atom stereocenters. The molecule has 0 radical (unpaired) electrons. The number of anilines is 1. The molecule has 0 saturated carbocycles. The number of nitro benzene ring substituents is 1. The first-order valence-electron chi connectivity index (χ1n) is 8.19. The highest BCUT2D eigenvalue weighted by Crippen LogP contribution is 2.39. The van der Waals surface area contributed by atoms with Crippen LogP contribution in [-0.4, -0.2) is 29.5 Å². The fraction of sp³-hybridized carbons (Fsp3) is 0.222. The zero-order valence-corrected chi connectivity index (χ0v) is 17.4. The van der Waals surface area contributed by atoms with Crippen molar-refractivity contribution in [2.75, 3.05) is 19.0 Å². The number of nitrogens with zero attached hydrogens (tertiary/aromatic N) is 2. The second-order valence-electron chi connectivity index (χ2n) is 5.82. The average Bonchev–Trinajstić information content (AvgIpc) is 3.24. The number of nitro groups is 1. The van der Waals surface area contributed by atoms with Gasteiger partial charge in [-0.1, -0.05) is 35.1 Å². The number of nitrogens with one attached hydrogen (secondary N) is 1. The number of thiazole rings is 1. The first kappa shape index (κ1) is 20.4. The standard InChI is InChI=1S/C18H16ClN3O4S2/c1-10-13(17(23)21-18-20-9-15(19)28-18)8-14(27-10)12-5-3-4-11(6-7-26-2)16(12)22(24)25/h3-5,8-9H,6-7H2,1-2H3,(H,20,21,23). The lowest BCUT2D eigenvalue weighted by atomic mass is 10.0. The minimum Gasteiger partial charge on any atom is -0.384 e. The number of rotatable bonds is 7. The van der Waals surface area contributed by atoms with E-state index in [2.05, 4.69) is 10.3 Å². The van der Waals surface area contributed by atoms with Gasteiger partial charge in [-0.15, -0.1) is 11.3 Å². The number of aryl methyl sites for hydroxylation is 1. The van der Waals surface area contributed by atoms with Crippen LogP contribution in [0, 0.1) is 17.0 Å². The Balaban J connectivity index is 1.96. The van der Waals surface area contributed by atoms with Gasteiger partial charge in [0.15, 0.2) is 5.13 Å². The Morgan fingerprint density at radius 3 is 2.82 bits per heavy atom. The van der Waals surface area contributed by atoms with Gasteiger partial charge in [0.2, 0.25) is 0 Å². The zero-order chi connectivity index (χ0) is 20.3. The van der Waals surface area contributed by atoms with Crippen LogP contribution in [0.2, 0.25) is 4.34 Å². The maximum Gasteiger partial charge on any atom is 0.281 e. The maximum atomic E-state index is 12.6. The summed E-state index contributed by atoms with van der Waals surface area (Å²) >= 11 is 8.33. The molecule has 0 aliphatic carbocycles. The number of thiophene rings is 1. The third-order valence-corrected chi connectivity index (χ3v) is 6.12. The van der Waals surface area contributed by atoms with E-state index in [0.717, 1.165) is 16.2 Å². The van der Waals surface area contributed by atoms with Crippen LogP contribution in [0.15, 0.2) is 30.5 Å². The summed E-state index contributed by atoms with van der Waals surface area (Å²) in [6.45, 7) is 2.19. The van der Waals surface area contributed by atoms with Crippen molar-refractivity contribution in [3.63, 3.8) is 0 Å². The minimum atomic E-state index is -0.382. The second-order valence-corrected chi connectivity index (χ2v) is 8.74. The summed E-state index contributed by atoms with van der Waals surface area (Å²) in [5.41, 5.74) is 1.57. The molecule has 1 aromatic carbocycles. The lowest BCUT2D eigenvalue weighted by Crippen LogP contribution is -2.11. The monoisotopic (exact) mass is 437 g/mol. The average molecular weight is 438 g/mol. The van der Waals surface area contributed by atoms with E-state index in [1.807, 2.05) is 0 Å². The molecule has 2 aromatic heterocycles. The molecule has 0 saturated heterocycles. The molecule has 0 aliphatic heterocycles. The molecule has 0 bridgehead atoms. The molecule has 1 amide bonds. The van der Waals surface area contributed by atoms with Gasteiger partial charge in [0, 0.05) is 28.8 Å². The number of benzene rings is 1. The van der Waals surface area contributed by atoms with Gasteiger partial charge in [0.1, 0.15) is 4.34 Å². The molecule has 146 valence electrons. The van der Waals surface area contributed by atoms with Crippen molar-refractivity contribution in [2.24, 2.45) is 0 Å². The van der Waals surface area contributed by atoms with Crippen molar-refractivity contribution < 1.29 is 14.5 Å². The predicted molar refractivity (Wildman–Crippen MR) is 112 cm³/mol. The summed E-state index contributed by atoms with van der Waals surface area (Å²) < 4.78 is 5.53.